The number of nitrogens with one attached hydrogen (secondary N) is 1. The number of pyridine rings is 1. The normalized spacial score (nSPS) is 13.0. The van der Waals surface area contributed by atoms with Crippen LogP contribution in [0.2, 0.25) is 0 Å². The molecule has 0 bridgehead atoms. The van der Waals surface area contributed by atoms with Gasteiger partial charge >= 0.3 is 0 Å². The van der Waals surface area contributed by atoms with Crippen LogP contribution in [0.25, 0.3) is 5.69 Å². The molecule has 0 fully saturated rings. The number of carbonyl (C=O) groups excluding carboxylic acids is 2. The van der Waals surface area contributed by atoms with Gasteiger partial charge in [-0.05, 0) is 24.3 Å². The topological polar surface area (TPSA) is 152 Å². The molecule has 1 aliphatic rings. The number of carbonyl (C=O) groups is 2. The van der Waals surface area contributed by atoms with Crippen LogP contribution < -0.4 is 20.9 Å². The minimum absolute atomic E-state index is 0.0937. The van der Waals surface area contributed by atoms with Crippen molar-refractivity contribution in [2.45, 2.75) is 4.90 Å². The fourth-order valence-corrected chi connectivity index (χ4v) is 5.21. The minimum atomic E-state index is -4.28. The Morgan fingerprint density at radius 3 is 2.31 bits per heavy atom. The Bertz CT molecular complexity index is 1400. The molecule has 164 valence electrons. The first-order chi connectivity index (χ1) is 15.3. The Labute approximate surface area is 182 Å². The molecule has 0 radical (unpaired) electrons. The second kappa shape index (κ2) is 7.94. The molecule has 0 saturated heterocycles. The summed E-state index contributed by atoms with van der Waals surface area (Å²) in [5.41, 5.74) is 5.16. The molecular formula is C21H18N4O6S. The van der Waals surface area contributed by atoms with E-state index in [1.54, 1.807) is 30.3 Å². The number of imide groups is 1. The monoisotopic (exact) mass is 454 g/mol. The average Bonchev–Trinajstić information content (AvgIpc) is 3.06. The Morgan fingerprint density at radius 1 is 0.969 bits per heavy atom. The molecule has 0 aliphatic carbocycles. The average molecular weight is 454 g/mol. The summed E-state index contributed by atoms with van der Waals surface area (Å²) >= 11 is 0. The summed E-state index contributed by atoms with van der Waals surface area (Å²) in [5, 5.41) is 11.6. The molecule has 2 aromatic carbocycles. The van der Waals surface area contributed by atoms with Crippen molar-refractivity contribution in [3.8, 4) is 5.69 Å². The van der Waals surface area contributed by atoms with Gasteiger partial charge in [-0.25, -0.2) is 8.42 Å². The predicted molar refractivity (Wildman–Crippen MR) is 116 cm³/mol. The van der Waals surface area contributed by atoms with Crippen LogP contribution in [0.4, 0.5) is 11.5 Å². The van der Waals surface area contributed by atoms with Crippen LogP contribution in [0.15, 0.2) is 70.4 Å². The van der Waals surface area contributed by atoms with E-state index < -0.39 is 34.0 Å². The highest BCUT2D eigenvalue weighted by Crippen LogP contribution is 2.30. The van der Waals surface area contributed by atoms with Gasteiger partial charge in [0.05, 0.1) is 35.7 Å². The van der Waals surface area contributed by atoms with Gasteiger partial charge in [0.15, 0.2) is 0 Å². The highest BCUT2D eigenvalue weighted by atomic mass is 32.2. The molecule has 0 unspecified atom stereocenters. The van der Waals surface area contributed by atoms with Gasteiger partial charge in [0.25, 0.3) is 27.4 Å². The molecule has 3 aromatic rings. The zero-order chi connectivity index (χ0) is 23.0. The fourth-order valence-electron chi connectivity index (χ4n) is 3.58. The van der Waals surface area contributed by atoms with Crippen molar-refractivity contribution in [1.82, 2.24) is 9.88 Å². The summed E-state index contributed by atoms with van der Waals surface area (Å²) in [7, 11) is -4.28. The number of aromatic nitrogens is 1. The molecule has 1 aliphatic heterocycles. The second-order valence-electron chi connectivity index (χ2n) is 6.88. The van der Waals surface area contributed by atoms with Crippen molar-refractivity contribution in [3.05, 3.63) is 82.1 Å². The number of para-hydroxylation sites is 2. The fraction of sp³-hybridized carbons (Fsp3) is 0.0952. The number of hydrogen-bond donors (Lipinski definition) is 3. The van der Waals surface area contributed by atoms with Gasteiger partial charge in [-0.1, -0.05) is 30.3 Å². The lowest BCUT2D eigenvalue weighted by atomic mass is 10.1. The second-order valence-corrected chi connectivity index (χ2v) is 8.71. The zero-order valence-electron chi connectivity index (χ0n) is 16.6. The van der Waals surface area contributed by atoms with Crippen molar-refractivity contribution < 1.29 is 23.1 Å². The van der Waals surface area contributed by atoms with Crippen LogP contribution in [0.3, 0.4) is 0 Å². The first kappa shape index (κ1) is 21.3. The van der Waals surface area contributed by atoms with Crippen molar-refractivity contribution in [2.75, 3.05) is 23.2 Å². The van der Waals surface area contributed by atoms with E-state index in [1.165, 1.54) is 24.3 Å². The number of amides is 2. The van der Waals surface area contributed by atoms with E-state index in [0.29, 0.717) is 5.69 Å². The standard InChI is InChI=1S/C21H18N4O6S/c22-19-18-14(20(28)23-21(18)29)12-17(27)25(19)15-8-4-5-9-16(15)32(30,31)24(10-11-26)13-6-2-1-3-7-13/h1-9,12,26H,10-11,22H2,(H,23,28,29). The molecule has 0 saturated carbocycles. The van der Waals surface area contributed by atoms with Gasteiger partial charge < -0.3 is 10.8 Å². The highest BCUT2D eigenvalue weighted by Gasteiger charge is 2.34. The van der Waals surface area contributed by atoms with Crippen LogP contribution in [-0.4, -0.2) is 43.1 Å². The third-order valence-electron chi connectivity index (χ3n) is 4.97. The Hall–Kier alpha value is -3.96. The lowest BCUT2D eigenvalue weighted by molar-refractivity contribution is 0.0880. The van der Waals surface area contributed by atoms with E-state index in [-0.39, 0.29) is 34.1 Å². The number of sulfonamides is 1. The van der Waals surface area contributed by atoms with Gasteiger partial charge in [-0.2, -0.15) is 0 Å². The van der Waals surface area contributed by atoms with E-state index in [2.05, 4.69) is 5.32 Å². The lowest BCUT2D eigenvalue weighted by Gasteiger charge is -2.25. The number of nitrogens with two attached hydrogens (primary N) is 1. The molecule has 4 rings (SSSR count). The van der Waals surface area contributed by atoms with Crippen LogP contribution in [0.1, 0.15) is 20.7 Å². The number of hydrogen-bond acceptors (Lipinski definition) is 7. The van der Waals surface area contributed by atoms with E-state index >= 15 is 0 Å². The molecular weight excluding hydrogens is 436 g/mol. The zero-order valence-corrected chi connectivity index (χ0v) is 17.4. The number of fused-ring (bicyclic) bond motifs is 1. The van der Waals surface area contributed by atoms with Crippen LogP contribution in [0.5, 0.6) is 0 Å². The Morgan fingerprint density at radius 2 is 1.62 bits per heavy atom. The van der Waals surface area contributed by atoms with E-state index in [1.807, 2.05) is 0 Å². The first-order valence-corrected chi connectivity index (χ1v) is 10.9. The number of aliphatic hydroxyl groups excluding tert-OH is 1. The third kappa shape index (κ3) is 3.33. The van der Waals surface area contributed by atoms with Gasteiger partial charge in [-0.15, -0.1) is 0 Å². The summed E-state index contributed by atoms with van der Waals surface area (Å²) in [6, 6.07) is 14.8. The molecule has 0 atom stereocenters. The molecule has 2 heterocycles. The van der Waals surface area contributed by atoms with Crippen molar-refractivity contribution >= 4 is 33.3 Å². The van der Waals surface area contributed by atoms with Crippen molar-refractivity contribution in [1.29, 1.82) is 0 Å². The summed E-state index contributed by atoms with van der Waals surface area (Å²) in [4.78, 5) is 36.7. The van der Waals surface area contributed by atoms with E-state index in [0.717, 1.165) is 14.9 Å². The number of benzene rings is 2. The number of aliphatic hydroxyl groups is 1. The molecule has 32 heavy (non-hydrogen) atoms. The lowest BCUT2D eigenvalue weighted by Crippen LogP contribution is -2.35. The summed E-state index contributed by atoms with van der Waals surface area (Å²) < 4.78 is 29.1. The number of nitrogen functional groups attached to an aromatic ring is 1. The molecule has 0 spiro atoms. The van der Waals surface area contributed by atoms with Gasteiger partial charge in [0.1, 0.15) is 10.7 Å². The quantitative estimate of drug-likeness (QED) is 0.458. The van der Waals surface area contributed by atoms with Gasteiger partial charge in [0, 0.05) is 6.07 Å². The highest BCUT2D eigenvalue weighted by molar-refractivity contribution is 7.93. The largest absolute Gasteiger partial charge is 0.394 e. The number of nitrogens with zero attached hydrogens (tertiary/aromatic N) is 2. The number of rotatable bonds is 6. The first-order valence-electron chi connectivity index (χ1n) is 9.46. The molecule has 10 nitrogen and oxygen atoms in total. The molecule has 4 N–H and O–H groups in total. The maximum absolute atomic E-state index is 13.6. The van der Waals surface area contributed by atoms with Crippen molar-refractivity contribution in [2.24, 2.45) is 0 Å². The van der Waals surface area contributed by atoms with E-state index in [4.69, 9.17) is 5.73 Å². The van der Waals surface area contributed by atoms with Crippen molar-refractivity contribution in [3.63, 3.8) is 0 Å². The minimum Gasteiger partial charge on any atom is -0.394 e. The summed E-state index contributed by atoms with van der Waals surface area (Å²) in [5.74, 6) is -1.88. The Kier molecular flexibility index (Phi) is 5.28. The van der Waals surface area contributed by atoms with Crippen LogP contribution in [-0.2, 0) is 10.0 Å². The van der Waals surface area contributed by atoms with Gasteiger partial charge in [0.2, 0.25) is 0 Å². The summed E-state index contributed by atoms with van der Waals surface area (Å²) in [6.45, 7) is -0.675. The maximum atomic E-state index is 13.6. The SMILES string of the molecule is Nc1c2c(cc(=O)n1-c1ccccc1S(=O)(=O)N(CCO)c1ccccc1)C(=O)NC2=O. The maximum Gasteiger partial charge on any atom is 0.266 e. The number of anilines is 2. The Balaban J connectivity index is 1.96. The van der Waals surface area contributed by atoms with Crippen LogP contribution in [0, 0.1) is 0 Å². The molecule has 2 amide bonds. The molecule has 1 aromatic heterocycles. The predicted octanol–water partition coefficient (Wildman–Crippen LogP) is 0.491. The molecule has 11 heteroatoms. The summed E-state index contributed by atoms with van der Waals surface area (Å²) in [6.07, 6.45) is 0. The van der Waals surface area contributed by atoms with Crippen LogP contribution >= 0.6 is 0 Å². The van der Waals surface area contributed by atoms with E-state index in [9.17, 15) is 27.9 Å². The van der Waals surface area contributed by atoms with Gasteiger partial charge in [-0.3, -0.25) is 28.6 Å². The third-order valence-corrected chi connectivity index (χ3v) is 6.85. The smallest absolute Gasteiger partial charge is 0.266 e.